The summed E-state index contributed by atoms with van der Waals surface area (Å²) in [5, 5.41) is 2.70. The molecule has 0 radical (unpaired) electrons. The van der Waals surface area contributed by atoms with Crippen LogP contribution in [0.2, 0.25) is 0 Å². The third-order valence-electron chi connectivity index (χ3n) is 5.10. The minimum absolute atomic E-state index is 0.0573. The van der Waals surface area contributed by atoms with Gasteiger partial charge in [-0.05, 0) is 18.8 Å². The van der Waals surface area contributed by atoms with E-state index in [-0.39, 0.29) is 18.0 Å². The first kappa shape index (κ1) is 17.9. The van der Waals surface area contributed by atoms with Gasteiger partial charge in [0.15, 0.2) is 0 Å². The molecule has 0 bridgehead atoms. The van der Waals surface area contributed by atoms with Crippen LogP contribution < -0.4 is 5.32 Å². The highest BCUT2D eigenvalue weighted by atomic mass is 19.4. The zero-order chi connectivity index (χ0) is 18.1. The van der Waals surface area contributed by atoms with Crippen LogP contribution in [0, 0.1) is 11.3 Å². The van der Waals surface area contributed by atoms with E-state index in [1.165, 1.54) is 19.3 Å². The minimum Gasteiger partial charge on any atom is -0.384 e. The van der Waals surface area contributed by atoms with Crippen molar-refractivity contribution in [3.05, 3.63) is 23.8 Å². The van der Waals surface area contributed by atoms with E-state index >= 15 is 0 Å². The van der Waals surface area contributed by atoms with E-state index < -0.39 is 12.0 Å². The SMILES string of the molecule is COCC1(C2CCC2)CN(C(=O)NCc2cnc(C(F)(F)F)nc2)C1. The van der Waals surface area contributed by atoms with Crippen molar-refractivity contribution in [3.63, 3.8) is 0 Å². The molecule has 1 saturated heterocycles. The number of halogens is 3. The standard InChI is InChI=1S/C16H21F3N4O2/c1-25-10-15(12-3-2-4-12)8-23(9-15)14(24)22-7-11-5-20-13(21-6-11)16(17,18)19/h5-6,12H,2-4,7-10H2,1H3,(H,22,24). The molecule has 2 heterocycles. The van der Waals surface area contributed by atoms with Gasteiger partial charge in [-0.25, -0.2) is 14.8 Å². The molecule has 25 heavy (non-hydrogen) atoms. The van der Waals surface area contributed by atoms with Gasteiger partial charge < -0.3 is 15.0 Å². The number of rotatable bonds is 5. The molecular weight excluding hydrogens is 337 g/mol. The number of alkyl halides is 3. The summed E-state index contributed by atoms with van der Waals surface area (Å²) in [4.78, 5) is 20.5. The normalized spacial score (nSPS) is 19.9. The van der Waals surface area contributed by atoms with E-state index in [1.807, 2.05) is 0 Å². The maximum Gasteiger partial charge on any atom is 0.451 e. The van der Waals surface area contributed by atoms with E-state index in [4.69, 9.17) is 4.74 Å². The first-order valence-electron chi connectivity index (χ1n) is 8.24. The van der Waals surface area contributed by atoms with Gasteiger partial charge in [0.05, 0.1) is 6.61 Å². The van der Waals surface area contributed by atoms with E-state index in [0.29, 0.717) is 31.2 Å². The number of aromatic nitrogens is 2. The number of likely N-dealkylation sites (tertiary alicyclic amines) is 1. The molecule has 1 saturated carbocycles. The quantitative estimate of drug-likeness (QED) is 0.878. The lowest BCUT2D eigenvalue weighted by molar-refractivity contribution is -0.145. The van der Waals surface area contributed by atoms with Gasteiger partial charge in [-0.1, -0.05) is 6.42 Å². The van der Waals surface area contributed by atoms with Gasteiger partial charge in [0, 0.05) is 50.1 Å². The molecule has 1 N–H and O–H groups in total. The topological polar surface area (TPSA) is 67.3 Å². The highest BCUT2D eigenvalue weighted by Gasteiger charge is 2.52. The lowest BCUT2D eigenvalue weighted by atomic mass is 9.61. The molecule has 0 unspecified atom stereocenters. The molecule has 1 aromatic rings. The third-order valence-corrected chi connectivity index (χ3v) is 5.10. The number of carbonyl (C=O) groups excluding carboxylic acids is 1. The fourth-order valence-electron chi connectivity index (χ4n) is 3.51. The largest absolute Gasteiger partial charge is 0.451 e. The molecule has 2 aliphatic rings. The van der Waals surface area contributed by atoms with E-state index in [9.17, 15) is 18.0 Å². The third kappa shape index (κ3) is 3.70. The Balaban J connectivity index is 1.49. The molecule has 1 aliphatic heterocycles. The Morgan fingerprint density at radius 1 is 1.36 bits per heavy atom. The molecule has 0 atom stereocenters. The Kier molecular flexibility index (Phi) is 4.86. The van der Waals surface area contributed by atoms with Crippen LogP contribution in [0.25, 0.3) is 0 Å². The monoisotopic (exact) mass is 358 g/mol. The lowest BCUT2D eigenvalue weighted by Gasteiger charge is -2.56. The van der Waals surface area contributed by atoms with Crippen LogP contribution in [-0.2, 0) is 17.5 Å². The van der Waals surface area contributed by atoms with Crippen LogP contribution >= 0.6 is 0 Å². The molecule has 0 spiro atoms. The summed E-state index contributed by atoms with van der Waals surface area (Å²) in [5.41, 5.74) is 0.478. The van der Waals surface area contributed by atoms with Crippen LogP contribution in [-0.4, -0.2) is 47.7 Å². The molecule has 1 aliphatic carbocycles. The molecule has 9 heteroatoms. The number of nitrogens with zero attached hydrogens (tertiary/aromatic N) is 3. The van der Waals surface area contributed by atoms with Gasteiger partial charge in [-0.15, -0.1) is 0 Å². The Morgan fingerprint density at radius 3 is 2.48 bits per heavy atom. The lowest BCUT2D eigenvalue weighted by Crippen LogP contribution is -2.66. The number of nitrogens with one attached hydrogen (secondary N) is 1. The summed E-state index contributed by atoms with van der Waals surface area (Å²) in [5.74, 6) is -0.574. The van der Waals surface area contributed by atoms with E-state index in [2.05, 4.69) is 15.3 Å². The van der Waals surface area contributed by atoms with Gasteiger partial charge in [-0.2, -0.15) is 13.2 Å². The van der Waals surface area contributed by atoms with Crippen molar-refractivity contribution in [1.29, 1.82) is 0 Å². The predicted octanol–water partition coefficient (Wildman–Crippen LogP) is 2.45. The molecule has 1 aromatic heterocycles. The van der Waals surface area contributed by atoms with Crippen molar-refractivity contribution in [2.45, 2.75) is 32.0 Å². The Bertz CT molecular complexity index is 611. The van der Waals surface area contributed by atoms with E-state index in [0.717, 1.165) is 12.4 Å². The van der Waals surface area contributed by atoms with Crippen LogP contribution in [0.1, 0.15) is 30.7 Å². The molecule has 2 fully saturated rings. The number of hydrogen-bond acceptors (Lipinski definition) is 4. The first-order chi connectivity index (χ1) is 11.8. The maximum absolute atomic E-state index is 12.4. The second-order valence-electron chi connectivity index (χ2n) is 6.85. The number of methoxy groups -OCH3 is 1. The second kappa shape index (κ2) is 6.78. The van der Waals surface area contributed by atoms with Crippen molar-refractivity contribution in [1.82, 2.24) is 20.2 Å². The molecule has 2 amide bonds. The maximum atomic E-state index is 12.4. The van der Waals surface area contributed by atoms with Gasteiger partial charge in [-0.3, -0.25) is 0 Å². The fraction of sp³-hybridized carbons (Fsp3) is 0.688. The molecule has 6 nitrogen and oxygen atoms in total. The van der Waals surface area contributed by atoms with Crippen molar-refractivity contribution < 1.29 is 22.7 Å². The average molecular weight is 358 g/mol. The summed E-state index contributed by atoms with van der Waals surface area (Å²) in [6.45, 7) is 2.05. The Labute approximate surface area is 143 Å². The van der Waals surface area contributed by atoms with Crippen molar-refractivity contribution in [2.24, 2.45) is 11.3 Å². The molecule has 3 rings (SSSR count). The Morgan fingerprint density at radius 2 is 2.00 bits per heavy atom. The Hall–Kier alpha value is -1.90. The summed E-state index contributed by atoms with van der Waals surface area (Å²) in [7, 11) is 1.67. The average Bonchev–Trinajstić information content (AvgIpc) is 2.47. The van der Waals surface area contributed by atoms with Gasteiger partial charge >= 0.3 is 12.2 Å². The summed E-state index contributed by atoms with van der Waals surface area (Å²) in [6.07, 6.45) is 1.19. The fourth-order valence-corrected chi connectivity index (χ4v) is 3.51. The van der Waals surface area contributed by atoms with Crippen LogP contribution in [0.15, 0.2) is 12.4 Å². The number of carbonyl (C=O) groups is 1. The number of urea groups is 1. The van der Waals surface area contributed by atoms with Crippen molar-refractivity contribution in [3.8, 4) is 0 Å². The van der Waals surface area contributed by atoms with Gasteiger partial charge in [0.1, 0.15) is 0 Å². The van der Waals surface area contributed by atoms with E-state index in [1.54, 1.807) is 12.0 Å². The summed E-state index contributed by atoms with van der Waals surface area (Å²) < 4.78 is 42.6. The molecule has 0 aromatic carbocycles. The summed E-state index contributed by atoms with van der Waals surface area (Å²) in [6, 6.07) is -0.231. The van der Waals surface area contributed by atoms with Crippen molar-refractivity contribution >= 4 is 6.03 Å². The second-order valence-corrected chi connectivity index (χ2v) is 6.85. The predicted molar refractivity (Wildman–Crippen MR) is 82.5 cm³/mol. The highest BCUT2D eigenvalue weighted by Crippen LogP contribution is 2.48. The first-order valence-corrected chi connectivity index (χ1v) is 8.24. The highest BCUT2D eigenvalue weighted by molar-refractivity contribution is 5.75. The molecular formula is C16H21F3N4O2. The number of hydrogen-bond donors (Lipinski definition) is 1. The number of amides is 2. The molecule has 138 valence electrons. The van der Waals surface area contributed by atoms with Crippen LogP contribution in [0.3, 0.4) is 0 Å². The minimum atomic E-state index is -4.56. The van der Waals surface area contributed by atoms with Crippen molar-refractivity contribution in [2.75, 3.05) is 26.8 Å². The van der Waals surface area contributed by atoms with Gasteiger partial charge in [0.25, 0.3) is 0 Å². The van der Waals surface area contributed by atoms with Gasteiger partial charge in [0.2, 0.25) is 5.82 Å². The van der Waals surface area contributed by atoms with Crippen LogP contribution in [0.5, 0.6) is 0 Å². The zero-order valence-corrected chi connectivity index (χ0v) is 14.0. The smallest absolute Gasteiger partial charge is 0.384 e. The van der Waals surface area contributed by atoms with Crippen LogP contribution in [0.4, 0.5) is 18.0 Å². The number of ether oxygens (including phenoxy) is 1. The zero-order valence-electron chi connectivity index (χ0n) is 14.0. The summed E-state index contributed by atoms with van der Waals surface area (Å²) >= 11 is 0.